The van der Waals surface area contributed by atoms with Gasteiger partial charge in [-0.25, -0.2) is 13.8 Å². The van der Waals surface area contributed by atoms with Crippen LogP contribution in [0.2, 0.25) is 0 Å². The number of amides is 2. The molecule has 0 saturated carbocycles. The maximum absolute atomic E-state index is 13.1. The molecule has 9 heteroatoms. The number of hydrogen-bond acceptors (Lipinski definition) is 4. The fourth-order valence-electron chi connectivity index (χ4n) is 4.12. The lowest BCUT2D eigenvalue weighted by atomic mass is 10.1. The van der Waals surface area contributed by atoms with Gasteiger partial charge >= 0.3 is 0 Å². The zero-order valence-electron chi connectivity index (χ0n) is 18.6. The van der Waals surface area contributed by atoms with Crippen molar-refractivity contribution < 1.29 is 23.1 Å². The van der Waals surface area contributed by atoms with Crippen molar-refractivity contribution in [3.8, 4) is 0 Å². The number of halogens is 2. The lowest BCUT2D eigenvalue weighted by Gasteiger charge is -2.26. The predicted molar refractivity (Wildman–Crippen MR) is 122 cm³/mol. The molecule has 2 aromatic carbocycles. The summed E-state index contributed by atoms with van der Waals surface area (Å²) in [6.07, 6.45) is -0.863. The first-order chi connectivity index (χ1) is 15.9. The molecule has 174 valence electrons. The minimum atomic E-state index is -2.66. The number of alkyl halides is 2. The Morgan fingerprint density at radius 1 is 1.24 bits per heavy atom. The normalized spacial score (nSPS) is 15.3. The van der Waals surface area contributed by atoms with Crippen LogP contribution in [0.3, 0.4) is 0 Å². The fourth-order valence-corrected chi connectivity index (χ4v) is 4.12. The van der Waals surface area contributed by atoms with Crippen LogP contribution in [0.15, 0.2) is 42.5 Å². The number of aromatic nitrogens is 2. The van der Waals surface area contributed by atoms with Crippen LogP contribution in [-0.4, -0.2) is 41.1 Å². The van der Waals surface area contributed by atoms with E-state index in [0.29, 0.717) is 30.3 Å². The van der Waals surface area contributed by atoms with Crippen LogP contribution >= 0.6 is 0 Å². The molecular formula is C24H26F2N4O3. The van der Waals surface area contributed by atoms with Crippen molar-refractivity contribution in [2.75, 3.05) is 30.0 Å². The summed E-state index contributed by atoms with van der Waals surface area (Å²) in [6.45, 7) is 5.08. The molecule has 0 unspecified atom stereocenters. The second-order valence-corrected chi connectivity index (χ2v) is 8.09. The monoisotopic (exact) mass is 456 g/mol. The molecule has 2 amide bonds. The third-order valence-corrected chi connectivity index (χ3v) is 5.74. The Balaban J connectivity index is 1.71. The molecule has 4 rings (SSSR count). The van der Waals surface area contributed by atoms with E-state index < -0.39 is 12.3 Å². The zero-order valence-corrected chi connectivity index (χ0v) is 18.6. The summed E-state index contributed by atoms with van der Waals surface area (Å²) in [5.41, 5.74) is 2.08. The second-order valence-electron chi connectivity index (χ2n) is 8.09. The van der Waals surface area contributed by atoms with Gasteiger partial charge in [-0.3, -0.25) is 14.9 Å². The van der Waals surface area contributed by atoms with Crippen molar-refractivity contribution in [3.63, 3.8) is 0 Å². The molecule has 1 fully saturated rings. The molecule has 0 spiro atoms. The van der Waals surface area contributed by atoms with Gasteiger partial charge in [0.2, 0.25) is 5.95 Å². The van der Waals surface area contributed by atoms with Gasteiger partial charge in [-0.05, 0) is 43.7 Å². The molecule has 0 bridgehead atoms. The highest BCUT2D eigenvalue weighted by molar-refractivity contribution is 6.04. The summed E-state index contributed by atoms with van der Waals surface area (Å²) >= 11 is 0. The Kier molecular flexibility index (Phi) is 6.69. The third kappa shape index (κ3) is 4.73. The molecule has 3 aromatic rings. The Hall–Kier alpha value is -3.33. The topological polar surface area (TPSA) is 76.5 Å². The number of carbonyl (C=O) groups excluding carboxylic acids is 2. The zero-order chi connectivity index (χ0) is 23.5. The van der Waals surface area contributed by atoms with Crippen LogP contribution in [0.4, 0.5) is 20.4 Å². The minimum absolute atomic E-state index is 0.0403. The number of nitrogens with zero attached hydrogens (tertiary/aromatic N) is 3. The van der Waals surface area contributed by atoms with E-state index >= 15 is 0 Å². The standard InChI is InChI=1S/C24H26F2N4O3/c1-3-5-15(2)30-20-9-8-18(29-10-11-33-14-21(29)31)13-19(20)27-24(30)28-23(32)17-7-4-6-16(12-17)22(25)26/h4,6-9,12-13,15,22H,3,5,10-11,14H2,1-2H3,(H,27,28,32)/t15-/m1/s1. The van der Waals surface area contributed by atoms with E-state index in [-0.39, 0.29) is 29.7 Å². The van der Waals surface area contributed by atoms with Gasteiger partial charge in [-0.2, -0.15) is 0 Å². The smallest absolute Gasteiger partial charge is 0.263 e. The first-order valence-corrected chi connectivity index (χ1v) is 11.0. The molecule has 7 nitrogen and oxygen atoms in total. The molecule has 2 heterocycles. The van der Waals surface area contributed by atoms with Gasteiger partial charge in [0.05, 0.1) is 17.6 Å². The molecule has 0 aliphatic carbocycles. The summed E-state index contributed by atoms with van der Waals surface area (Å²) < 4.78 is 33.3. The SMILES string of the molecule is CCC[C@@H](C)n1c(NC(=O)c2cccc(C(F)F)c2)nc2cc(N3CCOCC3=O)ccc21. The highest BCUT2D eigenvalue weighted by Gasteiger charge is 2.23. The maximum Gasteiger partial charge on any atom is 0.263 e. The number of ether oxygens (including phenoxy) is 1. The largest absolute Gasteiger partial charge is 0.370 e. The predicted octanol–water partition coefficient (Wildman–Crippen LogP) is 4.95. The van der Waals surface area contributed by atoms with Crippen LogP contribution in [-0.2, 0) is 9.53 Å². The van der Waals surface area contributed by atoms with Crippen molar-refractivity contribution in [2.24, 2.45) is 0 Å². The first-order valence-electron chi connectivity index (χ1n) is 11.0. The Bertz CT molecular complexity index is 1180. The highest BCUT2D eigenvalue weighted by Crippen LogP contribution is 2.31. The molecule has 1 aliphatic heterocycles. The number of morpholine rings is 1. The fraction of sp³-hybridized carbons (Fsp3) is 0.375. The van der Waals surface area contributed by atoms with E-state index in [1.54, 1.807) is 4.90 Å². The van der Waals surface area contributed by atoms with Crippen LogP contribution < -0.4 is 10.2 Å². The Morgan fingerprint density at radius 3 is 2.79 bits per heavy atom. The molecule has 1 N–H and O–H groups in total. The van der Waals surface area contributed by atoms with Crippen molar-refractivity contribution in [2.45, 2.75) is 39.2 Å². The number of benzene rings is 2. The first kappa shape index (κ1) is 22.8. The van der Waals surface area contributed by atoms with Crippen molar-refractivity contribution in [1.82, 2.24) is 9.55 Å². The van der Waals surface area contributed by atoms with Crippen molar-refractivity contribution in [1.29, 1.82) is 0 Å². The quantitative estimate of drug-likeness (QED) is 0.546. The van der Waals surface area contributed by atoms with Crippen LogP contribution in [0.1, 0.15) is 55.1 Å². The maximum atomic E-state index is 13.1. The number of nitrogens with one attached hydrogen (secondary N) is 1. The van der Waals surface area contributed by atoms with E-state index in [1.165, 1.54) is 24.3 Å². The van der Waals surface area contributed by atoms with Gasteiger partial charge in [0, 0.05) is 29.4 Å². The number of fused-ring (bicyclic) bond motifs is 1. The number of hydrogen-bond donors (Lipinski definition) is 1. The Labute approximate surface area is 190 Å². The van der Waals surface area contributed by atoms with Gasteiger partial charge in [0.1, 0.15) is 6.61 Å². The summed E-state index contributed by atoms with van der Waals surface area (Å²) in [7, 11) is 0. The average Bonchev–Trinajstić information content (AvgIpc) is 3.16. The summed E-state index contributed by atoms with van der Waals surface area (Å²) in [5, 5.41) is 2.80. The van der Waals surface area contributed by atoms with E-state index in [9.17, 15) is 18.4 Å². The molecule has 1 aromatic heterocycles. The molecule has 1 aliphatic rings. The van der Waals surface area contributed by atoms with Crippen LogP contribution in [0.5, 0.6) is 0 Å². The third-order valence-electron chi connectivity index (χ3n) is 5.74. The summed E-state index contributed by atoms with van der Waals surface area (Å²) in [5.74, 6) is -0.294. The van der Waals surface area contributed by atoms with Gasteiger partial charge < -0.3 is 14.2 Å². The summed E-state index contributed by atoms with van der Waals surface area (Å²) in [6, 6.07) is 11.0. The highest BCUT2D eigenvalue weighted by atomic mass is 19.3. The second kappa shape index (κ2) is 9.66. The number of anilines is 2. The van der Waals surface area contributed by atoms with Crippen molar-refractivity contribution >= 4 is 34.5 Å². The van der Waals surface area contributed by atoms with E-state index in [2.05, 4.69) is 17.2 Å². The average molecular weight is 456 g/mol. The molecule has 33 heavy (non-hydrogen) atoms. The number of rotatable bonds is 7. The molecule has 1 atom stereocenters. The molecule has 1 saturated heterocycles. The van der Waals surface area contributed by atoms with E-state index in [4.69, 9.17) is 4.74 Å². The van der Waals surface area contributed by atoms with E-state index in [0.717, 1.165) is 18.4 Å². The minimum Gasteiger partial charge on any atom is -0.370 e. The molecular weight excluding hydrogens is 430 g/mol. The van der Waals surface area contributed by atoms with Crippen molar-refractivity contribution in [3.05, 3.63) is 53.6 Å². The van der Waals surface area contributed by atoms with Crippen LogP contribution in [0.25, 0.3) is 11.0 Å². The Morgan fingerprint density at radius 2 is 2.06 bits per heavy atom. The van der Waals surface area contributed by atoms with E-state index in [1.807, 2.05) is 29.7 Å². The van der Waals surface area contributed by atoms with Gasteiger partial charge in [0.15, 0.2) is 0 Å². The van der Waals surface area contributed by atoms with Gasteiger partial charge in [-0.15, -0.1) is 0 Å². The number of carbonyl (C=O) groups is 2. The number of imidazole rings is 1. The lowest BCUT2D eigenvalue weighted by molar-refractivity contribution is -0.125. The summed E-state index contributed by atoms with van der Waals surface area (Å²) in [4.78, 5) is 31.4. The lowest BCUT2D eigenvalue weighted by Crippen LogP contribution is -2.41. The molecule has 0 radical (unpaired) electrons. The van der Waals surface area contributed by atoms with Crippen LogP contribution in [0, 0.1) is 0 Å². The van der Waals surface area contributed by atoms with Gasteiger partial charge in [0.25, 0.3) is 18.2 Å². The van der Waals surface area contributed by atoms with Gasteiger partial charge in [-0.1, -0.05) is 25.5 Å².